The summed E-state index contributed by atoms with van der Waals surface area (Å²) in [5.74, 6) is 0.709. The number of hydrogen-bond acceptors (Lipinski definition) is 3. The molecule has 1 aromatic rings. The SMILES string of the molecule is CN=C(NCCn1cccc1)NCC1CCN(S(=O)(=O)C(F)(F)F)CC1.I. The number of rotatable bonds is 6. The molecule has 0 amide bonds. The number of aromatic nitrogens is 1. The zero-order valence-electron chi connectivity index (χ0n) is 14.9. The van der Waals surface area contributed by atoms with Crippen molar-refractivity contribution in [3.05, 3.63) is 24.5 Å². The number of nitrogens with zero attached hydrogens (tertiary/aromatic N) is 3. The molecule has 1 saturated heterocycles. The van der Waals surface area contributed by atoms with Gasteiger partial charge in [-0.3, -0.25) is 4.99 Å². The Labute approximate surface area is 174 Å². The monoisotopic (exact) mass is 523 g/mol. The summed E-state index contributed by atoms with van der Waals surface area (Å²) in [7, 11) is -3.58. The van der Waals surface area contributed by atoms with E-state index >= 15 is 0 Å². The molecular weight excluding hydrogens is 498 g/mol. The second kappa shape index (κ2) is 10.5. The molecule has 0 radical (unpaired) electrons. The van der Waals surface area contributed by atoms with Gasteiger partial charge in [0.15, 0.2) is 5.96 Å². The van der Waals surface area contributed by atoms with E-state index in [0.29, 0.717) is 36.2 Å². The van der Waals surface area contributed by atoms with Crippen molar-refractivity contribution in [3.8, 4) is 0 Å². The third-order valence-corrected chi connectivity index (χ3v) is 5.95. The van der Waals surface area contributed by atoms with E-state index in [2.05, 4.69) is 15.6 Å². The molecule has 0 saturated carbocycles. The van der Waals surface area contributed by atoms with Gasteiger partial charge in [0.1, 0.15) is 0 Å². The average molecular weight is 523 g/mol. The summed E-state index contributed by atoms with van der Waals surface area (Å²) in [6.45, 7) is 1.75. The Kier molecular flexibility index (Phi) is 9.34. The van der Waals surface area contributed by atoms with Crippen LogP contribution >= 0.6 is 24.0 Å². The highest BCUT2D eigenvalue weighted by Crippen LogP contribution is 2.30. The van der Waals surface area contributed by atoms with Crippen molar-refractivity contribution in [1.82, 2.24) is 19.5 Å². The van der Waals surface area contributed by atoms with E-state index in [1.165, 1.54) is 0 Å². The summed E-state index contributed by atoms with van der Waals surface area (Å²) in [5, 5.41) is 6.31. The highest BCUT2D eigenvalue weighted by atomic mass is 127. The third kappa shape index (κ3) is 6.82. The lowest BCUT2D eigenvalue weighted by Crippen LogP contribution is -2.47. The number of sulfonamides is 1. The van der Waals surface area contributed by atoms with Crippen molar-refractivity contribution in [1.29, 1.82) is 0 Å². The molecule has 1 aliphatic rings. The maximum absolute atomic E-state index is 12.6. The van der Waals surface area contributed by atoms with Gasteiger partial charge in [-0.25, -0.2) is 8.42 Å². The zero-order chi connectivity index (χ0) is 19.2. The Hall–Kier alpha value is -1.02. The zero-order valence-corrected chi connectivity index (χ0v) is 18.1. The predicted octanol–water partition coefficient (Wildman–Crippen LogP) is 1.83. The topological polar surface area (TPSA) is 78.7 Å². The molecule has 0 spiro atoms. The minimum Gasteiger partial charge on any atom is -0.356 e. The lowest BCUT2D eigenvalue weighted by atomic mass is 9.98. The van der Waals surface area contributed by atoms with Crippen LogP contribution in [0.2, 0.25) is 0 Å². The fraction of sp³-hybridized carbons (Fsp3) is 0.667. The molecule has 7 nitrogen and oxygen atoms in total. The average Bonchev–Trinajstić information content (AvgIpc) is 3.10. The van der Waals surface area contributed by atoms with Crippen molar-refractivity contribution >= 4 is 40.0 Å². The third-order valence-electron chi connectivity index (χ3n) is 4.32. The van der Waals surface area contributed by atoms with Crippen molar-refractivity contribution in [3.63, 3.8) is 0 Å². The van der Waals surface area contributed by atoms with Gasteiger partial charge in [-0.05, 0) is 30.9 Å². The molecule has 27 heavy (non-hydrogen) atoms. The van der Waals surface area contributed by atoms with Gasteiger partial charge in [0.2, 0.25) is 0 Å². The quantitative estimate of drug-likeness (QED) is 0.339. The maximum Gasteiger partial charge on any atom is 0.511 e. The number of guanidine groups is 1. The van der Waals surface area contributed by atoms with Gasteiger partial charge in [0.25, 0.3) is 0 Å². The Morgan fingerprint density at radius 3 is 2.30 bits per heavy atom. The Balaban J connectivity index is 0.00000364. The fourth-order valence-electron chi connectivity index (χ4n) is 2.78. The van der Waals surface area contributed by atoms with Crippen LogP contribution in [-0.4, -0.2) is 62.0 Å². The largest absolute Gasteiger partial charge is 0.511 e. The van der Waals surface area contributed by atoms with Crippen LogP contribution in [0.4, 0.5) is 13.2 Å². The highest BCUT2D eigenvalue weighted by Gasteiger charge is 2.50. The number of alkyl halides is 3. The molecule has 12 heteroatoms. The van der Waals surface area contributed by atoms with Crippen molar-refractivity contribution < 1.29 is 21.6 Å². The molecule has 0 atom stereocenters. The predicted molar refractivity (Wildman–Crippen MR) is 108 cm³/mol. The summed E-state index contributed by atoms with van der Waals surface area (Å²) < 4.78 is 63.0. The lowest BCUT2D eigenvalue weighted by molar-refractivity contribution is -0.0496. The van der Waals surface area contributed by atoms with Gasteiger partial charge in [0.05, 0.1) is 0 Å². The van der Waals surface area contributed by atoms with Gasteiger partial charge < -0.3 is 15.2 Å². The van der Waals surface area contributed by atoms with Gasteiger partial charge >= 0.3 is 15.5 Å². The van der Waals surface area contributed by atoms with Crippen LogP contribution < -0.4 is 10.6 Å². The minimum absolute atomic E-state index is 0. The molecule has 0 bridgehead atoms. The molecule has 1 aromatic heterocycles. The molecule has 1 aliphatic heterocycles. The summed E-state index contributed by atoms with van der Waals surface area (Å²) in [5.41, 5.74) is -5.23. The lowest BCUT2D eigenvalue weighted by Gasteiger charge is -2.31. The van der Waals surface area contributed by atoms with Crippen molar-refractivity contribution in [2.24, 2.45) is 10.9 Å². The summed E-state index contributed by atoms with van der Waals surface area (Å²) >= 11 is 0. The first-order chi connectivity index (χ1) is 12.2. The molecule has 156 valence electrons. The van der Waals surface area contributed by atoms with Crippen molar-refractivity contribution in [2.45, 2.75) is 24.9 Å². The molecule has 2 heterocycles. The van der Waals surface area contributed by atoms with E-state index in [-0.39, 0.29) is 43.0 Å². The summed E-state index contributed by atoms with van der Waals surface area (Å²) in [4.78, 5) is 4.11. The summed E-state index contributed by atoms with van der Waals surface area (Å²) in [6, 6.07) is 3.89. The van der Waals surface area contributed by atoms with Crippen LogP contribution in [0.1, 0.15) is 12.8 Å². The number of piperidine rings is 1. The van der Waals surface area contributed by atoms with Crippen LogP contribution in [0, 0.1) is 5.92 Å². The minimum atomic E-state index is -5.23. The Morgan fingerprint density at radius 1 is 1.19 bits per heavy atom. The van der Waals surface area contributed by atoms with Crippen LogP contribution in [0.5, 0.6) is 0 Å². The van der Waals surface area contributed by atoms with E-state index < -0.39 is 15.5 Å². The fourth-order valence-corrected chi connectivity index (χ4v) is 3.77. The summed E-state index contributed by atoms with van der Waals surface area (Å²) in [6.07, 6.45) is 4.67. The first-order valence-corrected chi connectivity index (χ1v) is 9.79. The van der Waals surface area contributed by atoms with Gasteiger partial charge in [-0.1, -0.05) is 0 Å². The van der Waals surface area contributed by atoms with E-state index in [0.717, 1.165) is 6.54 Å². The molecule has 2 rings (SSSR count). The molecular formula is C15H25F3IN5O2S. The number of halogens is 4. The molecule has 1 fully saturated rings. The smallest absolute Gasteiger partial charge is 0.356 e. The molecule has 2 N–H and O–H groups in total. The molecule has 0 aliphatic carbocycles. The van der Waals surface area contributed by atoms with E-state index in [1.807, 2.05) is 29.1 Å². The van der Waals surface area contributed by atoms with Gasteiger partial charge in [0, 0.05) is 52.2 Å². The Morgan fingerprint density at radius 2 is 1.78 bits per heavy atom. The normalized spacial score (nSPS) is 17.4. The van der Waals surface area contributed by atoms with Gasteiger partial charge in [-0.2, -0.15) is 17.5 Å². The number of aliphatic imine (C=N–C) groups is 1. The Bertz CT molecular complexity index is 687. The van der Waals surface area contributed by atoms with E-state index in [9.17, 15) is 21.6 Å². The van der Waals surface area contributed by atoms with Crippen LogP contribution in [0.3, 0.4) is 0 Å². The first kappa shape index (κ1) is 24.0. The second-order valence-corrected chi connectivity index (χ2v) is 8.02. The second-order valence-electron chi connectivity index (χ2n) is 6.09. The van der Waals surface area contributed by atoms with Crippen LogP contribution in [0.25, 0.3) is 0 Å². The van der Waals surface area contributed by atoms with Crippen LogP contribution in [-0.2, 0) is 16.6 Å². The molecule has 0 aromatic carbocycles. The first-order valence-electron chi connectivity index (χ1n) is 8.35. The van der Waals surface area contributed by atoms with E-state index in [1.54, 1.807) is 7.05 Å². The van der Waals surface area contributed by atoms with Crippen molar-refractivity contribution in [2.75, 3.05) is 33.2 Å². The van der Waals surface area contributed by atoms with E-state index in [4.69, 9.17) is 0 Å². The maximum atomic E-state index is 12.6. The van der Waals surface area contributed by atoms with Gasteiger partial charge in [-0.15, -0.1) is 24.0 Å². The number of nitrogens with one attached hydrogen (secondary N) is 2. The number of hydrogen-bond donors (Lipinski definition) is 2. The van der Waals surface area contributed by atoms with Crippen LogP contribution in [0.15, 0.2) is 29.5 Å². The highest BCUT2D eigenvalue weighted by molar-refractivity contribution is 14.0. The molecule has 0 unspecified atom stereocenters. The standard InChI is InChI=1S/C15H24F3N5O2S.HI/c1-19-14(20-6-11-22-7-2-3-8-22)21-12-13-4-9-23(10-5-13)26(24,25)15(16,17)18;/h2-3,7-8,13H,4-6,9-12H2,1H3,(H2,19,20,21);1H.